The standard InChI is InChI=1S/C13H23N3O2/c1-8(2)16-7-11(14-15-16)9-6-10(9)12(17)18-13(3,4)5/h7-10,14-15H,6H2,1-5H3/t9-,10-/m0/s1. The summed E-state index contributed by atoms with van der Waals surface area (Å²) in [6.07, 6.45) is 2.92. The van der Waals surface area contributed by atoms with Crippen LogP contribution in [0, 0.1) is 11.8 Å². The minimum absolute atomic E-state index is 0.0110. The predicted molar refractivity (Wildman–Crippen MR) is 68.8 cm³/mol. The van der Waals surface area contributed by atoms with Gasteiger partial charge in [0.15, 0.2) is 0 Å². The van der Waals surface area contributed by atoms with Crippen LogP contribution in [0.25, 0.3) is 0 Å². The predicted octanol–water partition coefficient (Wildman–Crippen LogP) is 1.54. The molecule has 0 radical (unpaired) electrons. The maximum atomic E-state index is 11.9. The Morgan fingerprint density at radius 3 is 2.67 bits per heavy atom. The molecule has 1 heterocycles. The van der Waals surface area contributed by atoms with E-state index >= 15 is 0 Å². The largest absolute Gasteiger partial charge is 0.460 e. The summed E-state index contributed by atoms with van der Waals surface area (Å²) >= 11 is 0. The summed E-state index contributed by atoms with van der Waals surface area (Å²) in [4.78, 5) is 11.9. The number of nitrogens with zero attached hydrogens (tertiary/aromatic N) is 1. The van der Waals surface area contributed by atoms with Crippen molar-refractivity contribution in [3.05, 3.63) is 11.9 Å². The lowest BCUT2D eigenvalue weighted by atomic mass is 10.2. The molecule has 5 nitrogen and oxygen atoms in total. The van der Waals surface area contributed by atoms with Gasteiger partial charge in [-0.15, -0.1) is 5.53 Å². The number of hydrogen-bond acceptors (Lipinski definition) is 5. The van der Waals surface area contributed by atoms with Gasteiger partial charge >= 0.3 is 5.97 Å². The van der Waals surface area contributed by atoms with Crippen LogP contribution >= 0.6 is 0 Å². The Kier molecular flexibility index (Phi) is 3.27. The molecule has 0 aromatic carbocycles. The third-order valence-electron chi connectivity index (χ3n) is 3.06. The number of carbonyl (C=O) groups excluding carboxylic acids is 1. The molecule has 0 amide bonds. The smallest absolute Gasteiger partial charge is 0.310 e. The molecule has 0 unspecified atom stereocenters. The third kappa shape index (κ3) is 2.96. The summed E-state index contributed by atoms with van der Waals surface area (Å²) in [5.41, 5.74) is 6.88. The molecule has 102 valence electrons. The van der Waals surface area contributed by atoms with Gasteiger partial charge in [0.25, 0.3) is 0 Å². The first-order chi connectivity index (χ1) is 8.28. The molecule has 1 fully saturated rings. The SMILES string of the molecule is CC(C)N1C=C([C@H]2C[C@@H]2C(=O)OC(C)(C)C)NN1. The molecular weight excluding hydrogens is 230 g/mol. The third-order valence-corrected chi connectivity index (χ3v) is 3.06. The van der Waals surface area contributed by atoms with Crippen LogP contribution in [-0.4, -0.2) is 22.6 Å². The molecule has 0 aromatic heterocycles. The molecule has 2 N–H and O–H groups in total. The molecule has 1 saturated carbocycles. The van der Waals surface area contributed by atoms with Crippen molar-refractivity contribution in [2.45, 2.75) is 52.7 Å². The van der Waals surface area contributed by atoms with E-state index < -0.39 is 5.60 Å². The molecule has 5 heteroatoms. The molecular formula is C13H23N3O2. The van der Waals surface area contributed by atoms with E-state index in [2.05, 4.69) is 24.8 Å². The normalized spacial score (nSPS) is 27.0. The zero-order valence-electron chi connectivity index (χ0n) is 11.8. The van der Waals surface area contributed by atoms with Crippen LogP contribution in [0.1, 0.15) is 41.0 Å². The van der Waals surface area contributed by atoms with Gasteiger partial charge in [0, 0.05) is 23.9 Å². The molecule has 2 atom stereocenters. The Hall–Kier alpha value is -1.23. The van der Waals surface area contributed by atoms with Crippen LogP contribution in [0.4, 0.5) is 0 Å². The molecule has 18 heavy (non-hydrogen) atoms. The first-order valence-electron chi connectivity index (χ1n) is 6.52. The van der Waals surface area contributed by atoms with Gasteiger partial charge in [0.1, 0.15) is 5.60 Å². The van der Waals surface area contributed by atoms with E-state index in [-0.39, 0.29) is 17.8 Å². The highest BCUT2D eigenvalue weighted by molar-refractivity contribution is 5.77. The monoisotopic (exact) mass is 253 g/mol. The average Bonchev–Trinajstić information content (AvgIpc) is 2.85. The molecule has 0 saturated heterocycles. The minimum Gasteiger partial charge on any atom is -0.460 e. The molecule has 1 aliphatic carbocycles. The van der Waals surface area contributed by atoms with E-state index in [1.165, 1.54) is 0 Å². The second-order valence-electron chi connectivity index (χ2n) is 6.30. The van der Waals surface area contributed by atoms with E-state index in [0.29, 0.717) is 6.04 Å². The molecule has 1 aliphatic heterocycles. The lowest BCUT2D eigenvalue weighted by Crippen LogP contribution is -2.40. The van der Waals surface area contributed by atoms with E-state index in [9.17, 15) is 4.79 Å². The van der Waals surface area contributed by atoms with Gasteiger partial charge in [-0.3, -0.25) is 9.80 Å². The Bertz CT molecular complexity index is 371. The zero-order chi connectivity index (χ0) is 13.5. The van der Waals surface area contributed by atoms with E-state index in [4.69, 9.17) is 4.74 Å². The van der Waals surface area contributed by atoms with Gasteiger partial charge in [-0.1, -0.05) is 0 Å². The Balaban J connectivity index is 1.88. The number of hydrazine groups is 2. The van der Waals surface area contributed by atoms with Gasteiger partial charge in [-0.05, 0) is 41.0 Å². The van der Waals surface area contributed by atoms with Gasteiger partial charge in [0.2, 0.25) is 0 Å². The fraction of sp³-hybridized carbons (Fsp3) is 0.769. The maximum absolute atomic E-state index is 11.9. The highest BCUT2D eigenvalue weighted by Gasteiger charge is 2.48. The summed E-state index contributed by atoms with van der Waals surface area (Å²) in [5, 5.41) is 2.00. The first kappa shape index (κ1) is 13.2. The van der Waals surface area contributed by atoms with Crippen LogP contribution in [0.5, 0.6) is 0 Å². The van der Waals surface area contributed by atoms with Gasteiger partial charge in [0.05, 0.1) is 5.92 Å². The fourth-order valence-electron chi connectivity index (χ4n) is 1.99. The molecule has 0 aromatic rings. The van der Waals surface area contributed by atoms with Crippen LogP contribution in [-0.2, 0) is 9.53 Å². The maximum Gasteiger partial charge on any atom is 0.310 e. The average molecular weight is 253 g/mol. The number of hydrogen-bond donors (Lipinski definition) is 2. The number of ether oxygens (including phenoxy) is 1. The fourth-order valence-corrected chi connectivity index (χ4v) is 1.99. The van der Waals surface area contributed by atoms with Gasteiger partial charge in [-0.2, -0.15) is 0 Å². The Morgan fingerprint density at radius 2 is 2.17 bits per heavy atom. The van der Waals surface area contributed by atoms with Crippen molar-refractivity contribution in [2.75, 3.05) is 0 Å². The lowest BCUT2D eigenvalue weighted by Gasteiger charge is -2.19. The highest BCUT2D eigenvalue weighted by atomic mass is 16.6. The topological polar surface area (TPSA) is 53.6 Å². The summed E-state index contributed by atoms with van der Waals surface area (Å²) in [7, 11) is 0. The second-order valence-corrected chi connectivity index (χ2v) is 6.30. The highest BCUT2D eigenvalue weighted by Crippen LogP contribution is 2.45. The number of esters is 1. The van der Waals surface area contributed by atoms with Crippen molar-refractivity contribution in [1.29, 1.82) is 0 Å². The van der Waals surface area contributed by atoms with E-state index in [0.717, 1.165) is 12.1 Å². The number of rotatable bonds is 3. The minimum atomic E-state index is -0.399. The van der Waals surface area contributed by atoms with Crippen molar-refractivity contribution in [3.63, 3.8) is 0 Å². The molecule has 0 bridgehead atoms. The lowest BCUT2D eigenvalue weighted by molar-refractivity contribution is -0.156. The van der Waals surface area contributed by atoms with Crippen LogP contribution in [0.2, 0.25) is 0 Å². The molecule has 2 aliphatic rings. The number of carbonyl (C=O) groups is 1. The van der Waals surface area contributed by atoms with E-state index in [1.54, 1.807) is 0 Å². The first-order valence-corrected chi connectivity index (χ1v) is 6.52. The zero-order valence-corrected chi connectivity index (χ0v) is 11.8. The van der Waals surface area contributed by atoms with Crippen LogP contribution < -0.4 is 11.0 Å². The van der Waals surface area contributed by atoms with Crippen molar-refractivity contribution >= 4 is 5.97 Å². The van der Waals surface area contributed by atoms with E-state index in [1.807, 2.05) is 32.0 Å². The van der Waals surface area contributed by atoms with Crippen molar-refractivity contribution in [3.8, 4) is 0 Å². The summed E-state index contributed by atoms with van der Waals surface area (Å²) in [5.74, 6) is 0.200. The Labute approximate surface area is 108 Å². The molecule has 2 rings (SSSR count). The van der Waals surface area contributed by atoms with Gasteiger partial charge < -0.3 is 10.2 Å². The Morgan fingerprint density at radius 1 is 1.50 bits per heavy atom. The van der Waals surface area contributed by atoms with Gasteiger partial charge in [-0.25, -0.2) is 0 Å². The number of allylic oxidation sites excluding steroid dienone is 1. The number of nitrogens with one attached hydrogen (secondary N) is 2. The van der Waals surface area contributed by atoms with Crippen molar-refractivity contribution in [2.24, 2.45) is 11.8 Å². The molecule has 0 spiro atoms. The summed E-state index contributed by atoms with van der Waals surface area (Å²) < 4.78 is 5.40. The summed E-state index contributed by atoms with van der Waals surface area (Å²) in [6.45, 7) is 9.91. The van der Waals surface area contributed by atoms with Crippen LogP contribution in [0.3, 0.4) is 0 Å². The second kappa shape index (κ2) is 4.46. The van der Waals surface area contributed by atoms with Crippen molar-refractivity contribution in [1.82, 2.24) is 16.0 Å². The van der Waals surface area contributed by atoms with Crippen molar-refractivity contribution < 1.29 is 9.53 Å². The quantitative estimate of drug-likeness (QED) is 0.747. The summed E-state index contributed by atoms with van der Waals surface area (Å²) in [6, 6.07) is 0.383. The van der Waals surface area contributed by atoms with Crippen LogP contribution in [0.15, 0.2) is 11.9 Å².